The largest absolute Gasteiger partial charge is 0.507 e. The van der Waals surface area contributed by atoms with E-state index in [9.17, 15) is 14.7 Å². The average Bonchev–Trinajstić information content (AvgIpc) is 2.34. The molecule has 1 rings (SSSR count). The van der Waals surface area contributed by atoms with Gasteiger partial charge >= 0.3 is 5.63 Å². The van der Waals surface area contributed by atoms with Crippen molar-refractivity contribution in [1.29, 1.82) is 0 Å². The van der Waals surface area contributed by atoms with Crippen molar-refractivity contribution in [2.45, 2.75) is 39.5 Å². The molecule has 5 heteroatoms. The number of aliphatic hydroxyl groups is 1. The van der Waals surface area contributed by atoms with E-state index in [0.29, 0.717) is 18.6 Å². The van der Waals surface area contributed by atoms with E-state index in [2.05, 4.69) is 0 Å². The van der Waals surface area contributed by atoms with Crippen LogP contribution >= 0.6 is 0 Å². The van der Waals surface area contributed by atoms with Gasteiger partial charge in [0.05, 0.1) is 0 Å². The molecule has 0 aliphatic heterocycles. The molecule has 1 unspecified atom stereocenters. The van der Waals surface area contributed by atoms with E-state index in [1.807, 2.05) is 6.92 Å². The predicted octanol–water partition coefficient (Wildman–Crippen LogP) is 2.06. The van der Waals surface area contributed by atoms with E-state index in [0.717, 1.165) is 0 Å². The van der Waals surface area contributed by atoms with Gasteiger partial charge in [-0.3, -0.25) is 4.79 Å². The lowest BCUT2D eigenvalue weighted by Crippen LogP contribution is -2.19. The maximum atomic E-state index is 11.8. The standard InChI is InChI=1S/C14H20O5/c1-8(2)13(17)12-10(16)7-11(19-14(12)18)9(3)5-4-6-15/h7-9,15-16H,4-6H2,1-3H3. The van der Waals surface area contributed by atoms with Crippen molar-refractivity contribution in [3.8, 4) is 5.75 Å². The van der Waals surface area contributed by atoms with Crippen LogP contribution in [0.25, 0.3) is 0 Å². The number of aliphatic hydroxyl groups excluding tert-OH is 1. The number of rotatable bonds is 6. The number of hydrogen-bond acceptors (Lipinski definition) is 5. The molecule has 0 radical (unpaired) electrons. The molecule has 0 aromatic carbocycles. The molecule has 0 saturated carbocycles. The summed E-state index contributed by atoms with van der Waals surface area (Å²) in [5.41, 5.74) is -1.09. The van der Waals surface area contributed by atoms with Crippen LogP contribution in [0.2, 0.25) is 0 Å². The summed E-state index contributed by atoms with van der Waals surface area (Å²) in [6, 6.07) is 1.32. The molecule has 0 bridgehead atoms. The first-order valence-electron chi connectivity index (χ1n) is 6.40. The van der Waals surface area contributed by atoms with Crippen molar-refractivity contribution in [2.75, 3.05) is 6.61 Å². The zero-order valence-corrected chi connectivity index (χ0v) is 11.5. The Morgan fingerprint density at radius 2 is 2.00 bits per heavy atom. The van der Waals surface area contributed by atoms with Crippen molar-refractivity contribution in [2.24, 2.45) is 5.92 Å². The van der Waals surface area contributed by atoms with E-state index < -0.39 is 11.4 Å². The first-order chi connectivity index (χ1) is 8.88. The Hall–Kier alpha value is -1.62. The molecule has 5 nitrogen and oxygen atoms in total. The second-order valence-electron chi connectivity index (χ2n) is 4.98. The Kier molecular flexibility index (Phi) is 5.30. The van der Waals surface area contributed by atoms with Crippen LogP contribution in [0.5, 0.6) is 5.75 Å². The molecule has 0 amide bonds. The summed E-state index contributed by atoms with van der Waals surface area (Å²) < 4.78 is 5.10. The lowest BCUT2D eigenvalue weighted by Gasteiger charge is -2.11. The lowest BCUT2D eigenvalue weighted by atomic mass is 9.99. The number of ketones is 1. The highest BCUT2D eigenvalue weighted by Gasteiger charge is 2.22. The van der Waals surface area contributed by atoms with Gasteiger partial charge in [-0.05, 0) is 12.8 Å². The van der Waals surface area contributed by atoms with E-state index in [4.69, 9.17) is 9.52 Å². The van der Waals surface area contributed by atoms with Crippen LogP contribution in [-0.2, 0) is 0 Å². The number of carbonyl (C=O) groups excluding carboxylic acids is 1. The molecular weight excluding hydrogens is 248 g/mol. The first-order valence-corrected chi connectivity index (χ1v) is 6.40. The fraction of sp³-hybridized carbons (Fsp3) is 0.571. The van der Waals surface area contributed by atoms with Crippen molar-refractivity contribution in [1.82, 2.24) is 0 Å². The molecule has 0 aliphatic rings. The topological polar surface area (TPSA) is 87.7 Å². The maximum absolute atomic E-state index is 11.8. The number of hydrogen-bond donors (Lipinski definition) is 2. The van der Waals surface area contributed by atoms with Crippen LogP contribution in [0.15, 0.2) is 15.3 Å². The Morgan fingerprint density at radius 3 is 2.47 bits per heavy atom. The third-order valence-electron chi connectivity index (χ3n) is 3.00. The van der Waals surface area contributed by atoms with Crippen LogP contribution in [-0.4, -0.2) is 22.6 Å². The van der Waals surface area contributed by atoms with Gasteiger partial charge in [0, 0.05) is 24.5 Å². The summed E-state index contributed by atoms with van der Waals surface area (Å²) in [6.45, 7) is 5.19. The quantitative estimate of drug-likeness (QED) is 0.771. The van der Waals surface area contributed by atoms with Gasteiger partial charge in [0.15, 0.2) is 5.78 Å². The van der Waals surface area contributed by atoms with Crippen molar-refractivity contribution in [3.05, 3.63) is 27.8 Å². The zero-order valence-electron chi connectivity index (χ0n) is 11.5. The van der Waals surface area contributed by atoms with Gasteiger partial charge < -0.3 is 14.6 Å². The molecule has 19 heavy (non-hydrogen) atoms. The van der Waals surface area contributed by atoms with Gasteiger partial charge in [0.2, 0.25) is 0 Å². The van der Waals surface area contributed by atoms with Gasteiger partial charge in [0.1, 0.15) is 17.1 Å². The minimum absolute atomic E-state index is 0.0600. The van der Waals surface area contributed by atoms with Gasteiger partial charge in [-0.1, -0.05) is 20.8 Å². The molecule has 1 aromatic heterocycles. The summed E-state index contributed by atoms with van der Waals surface area (Å²) in [6.07, 6.45) is 1.22. The van der Waals surface area contributed by atoms with Crippen molar-refractivity contribution >= 4 is 5.78 Å². The van der Waals surface area contributed by atoms with Crippen molar-refractivity contribution in [3.63, 3.8) is 0 Å². The Balaban J connectivity index is 3.10. The summed E-state index contributed by atoms with van der Waals surface area (Å²) in [5, 5.41) is 18.6. The van der Waals surface area contributed by atoms with Gasteiger partial charge in [0.25, 0.3) is 0 Å². The predicted molar refractivity (Wildman–Crippen MR) is 70.5 cm³/mol. The fourth-order valence-electron chi connectivity index (χ4n) is 1.80. The molecular formula is C14H20O5. The molecule has 1 aromatic rings. The van der Waals surface area contributed by atoms with Gasteiger partial charge in [-0.15, -0.1) is 0 Å². The smallest absolute Gasteiger partial charge is 0.350 e. The molecule has 1 heterocycles. The summed E-state index contributed by atoms with van der Waals surface area (Å²) in [5.74, 6) is -0.918. The molecule has 0 fully saturated rings. The minimum Gasteiger partial charge on any atom is -0.507 e. The van der Waals surface area contributed by atoms with Crippen LogP contribution < -0.4 is 5.63 Å². The maximum Gasteiger partial charge on any atom is 0.350 e. The highest BCUT2D eigenvalue weighted by Crippen LogP contribution is 2.25. The monoisotopic (exact) mass is 268 g/mol. The zero-order chi connectivity index (χ0) is 14.6. The summed E-state index contributed by atoms with van der Waals surface area (Å²) in [4.78, 5) is 23.6. The second-order valence-corrected chi connectivity index (χ2v) is 4.98. The Labute approximate surface area is 111 Å². The molecule has 0 saturated heterocycles. The van der Waals surface area contributed by atoms with E-state index >= 15 is 0 Å². The Bertz CT molecular complexity index is 501. The molecule has 0 spiro atoms. The van der Waals surface area contributed by atoms with Gasteiger partial charge in [-0.2, -0.15) is 0 Å². The number of Topliss-reactive ketones (excluding diaryl/α,β-unsaturated/α-hetero) is 1. The summed E-state index contributed by atoms with van der Waals surface area (Å²) >= 11 is 0. The van der Waals surface area contributed by atoms with E-state index in [1.165, 1.54) is 6.07 Å². The number of aromatic hydroxyl groups is 1. The molecule has 106 valence electrons. The van der Waals surface area contributed by atoms with Crippen LogP contribution in [0.3, 0.4) is 0 Å². The van der Waals surface area contributed by atoms with E-state index in [1.54, 1.807) is 13.8 Å². The molecule has 2 N–H and O–H groups in total. The summed E-state index contributed by atoms with van der Waals surface area (Å²) in [7, 11) is 0. The SMILES string of the molecule is CC(C)C(=O)c1c(O)cc(C(C)CCCO)oc1=O. The van der Waals surface area contributed by atoms with Crippen LogP contribution in [0, 0.1) is 5.92 Å². The lowest BCUT2D eigenvalue weighted by molar-refractivity contribution is 0.0931. The fourth-order valence-corrected chi connectivity index (χ4v) is 1.80. The Morgan fingerprint density at radius 1 is 1.37 bits per heavy atom. The highest BCUT2D eigenvalue weighted by molar-refractivity contribution is 5.99. The molecule has 0 aliphatic carbocycles. The van der Waals surface area contributed by atoms with Crippen molar-refractivity contribution < 1.29 is 19.4 Å². The first kappa shape index (κ1) is 15.4. The van der Waals surface area contributed by atoms with Gasteiger partial charge in [-0.25, -0.2) is 4.79 Å². The minimum atomic E-state index is -0.801. The normalized spacial score (nSPS) is 12.7. The number of carbonyl (C=O) groups is 1. The third-order valence-corrected chi connectivity index (χ3v) is 3.00. The molecule has 1 atom stereocenters. The average molecular weight is 268 g/mol. The van der Waals surface area contributed by atoms with Crippen LogP contribution in [0.1, 0.15) is 55.6 Å². The van der Waals surface area contributed by atoms with Crippen LogP contribution in [0.4, 0.5) is 0 Å². The highest BCUT2D eigenvalue weighted by atomic mass is 16.4. The van der Waals surface area contributed by atoms with E-state index in [-0.39, 0.29) is 29.8 Å². The second kappa shape index (κ2) is 6.52. The third kappa shape index (κ3) is 3.67.